The molecule has 172 valence electrons. The van der Waals surface area contributed by atoms with Crippen molar-refractivity contribution in [2.75, 3.05) is 7.05 Å². The van der Waals surface area contributed by atoms with E-state index in [1.54, 1.807) is 32.2 Å². The number of carbonyl (C=O) groups is 2. The number of likely N-dealkylation sites (N-methyl/N-ethyl adjacent to an activating group) is 1. The van der Waals surface area contributed by atoms with Crippen LogP contribution in [0.4, 0.5) is 5.69 Å². The lowest BCUT2D eigenvalue weighted by atomic mass is 10.1. The number of aliphatic imine (C=N–C) groups is 1. The Hall–Kier alpha value is -3.11. The molecular weight excluding hydrogens is 563 g/mol. The van der Waals surface area contributed by atoms with E-state index in [1.807, 2.05) is 48.5 Å². The smallest absolute Gasteiger partial charge is 0.336 e. The number of carbonyl (C=O) groups excluding carboxylic acids is 1. The van der Waals surface area contributed by atoms with Gasteiger partial charge in [-0.2, -0.15) is 0 Å². The highest BCUT2D eigenvalue weighted by Gasteiger charge is 2.31. The van der Waals surface area contributed by atoms with Crippen molar-refractivity contribution in [3.05, 3.63) is 97.5 Å². The van der Waals surface area contributed by atoms with E-state index in [9.17, 15) is 14.7 Å². The fraction of sp³-hybridized carbons (Fsp3) is 0.115. The van der Waals surface area contributed by atoms with Crippen LogP contribution in [0.15, 0.2) is 76.6 Å². The van der Waals surface area contributed by atoms with Crippen LogP contribution in [0, 0.1) is 10.5 Å². The largest absolute Gasteiger partial charge is 0.488 e. The Bertz CT molecular complexity index is 1320. The molecule has 0 radical (unpaired) electrons. The number of thioether (sulfide) groups is 1. The van der Waals surface area contributed by atoms with Crippen molar-refractivity contribution in [3.63, 3.8) is 0 Å². The highest BCUT2D eigenvalue weighted by molar-refractivity contribution is 14.1. The molecule has 0 aromatic heterocycles. The van der Waals surface area contributed by atoms with E-state index in [2.05, 4.69) is 27.6 Å². The summed E-state index contributed by atoms with van der Waals surface area (Å²) in [5.74, 6) is -0.506. The molecule has 1 aliphatic rings. The molecule has 0 bridgehead atoms. The first-order chi connectivity index (χ1) is 16.3. The highest BCUT2D eigenvalue weighted by atomic mass is 127. The van der Waals surface area contributed by atoms with E-state index in [4.69, 9.17) is 4.74 Å². The van der Waals surface area contributed by atoms with E-state index in [0.29, 0.717) is 33.7 Å². The molecule has 0 spiro atoms. The Morgan fingerprint density at radius 3 is 2.59 bits per heavy atom. The summed E-state index contributed by atoms with van der Waals surface area (Å²) in [6.07, 6.45) is 1.80. The molecule has 1 fully saturated rings. The number of carboxylic acids is 1. The first-order valence-electron chi connectivity index (χ1n) is 10.4. The predicted molar refractivity (Wildman–Crippen MR) is 144 cm³/mol. The number of aromatic carboxylic acids is 1. The molecule has 3 aromatic carbocycles. The van der Waals surface area contributed by atoms with Gasteiger partial charge in [0.1, 0.15) is 12.4 Å². The van der Waals surface area contributed by atoms with Crippen LogP contribution in [-0.2, 0) is 11.4 Å². The van der Waals surface area contributed by atoms with Gasteiger partial charge in [0.25, 0.3) is 5.91 Å². The zero-order valence-electron chi connectivity index (χ0n) is 18.5. The quantitative estimate of drug-likeness (QED) is 0.280. The third kappa shape index (κ3) is 5.34. The molecule has 6 nitrogen and oxygen atoms in total. The molecule has 0 saturated carbocycles. The Balaban J connectivity index is 1.58. The van der Waals surface area contributed by atoms with Crippen LogP contribution in [0.1, 0.15) is 27.0 Å². The topological polar surface area (TPSA) is 79.2 Å². The van der Waals surface area contributed by atoms with Gasteiger partial charge in [0.15, 0.2) is 5.17 Å². The summed E-state index contributed by atoms with van der Waals surface area (Å²) in [5.41, 5.74) is 3.11. The maximum Gasteiger partial charge on any atom is 0.336 e. The minimum Gasteiger partial charge on any atom is -0.488 e. The van der Waals surface area contributed by atoms with Crippen LogP contribution >= 0.6 is 34.4 Å². The number of nitrogens with zero attached hydrogens (tertiary/aromatic N) is 2. The Morgan fingerprint density at radius 2 is 1.85 bits per heavy atom. The van der Waals surface area contributed by atoms with Gasteiger partial charge in [0.2, 0.25) is 0 Å². The summed E-state index contributed by atoms with van der Waals surface area (Å²) in [5, 5.41) is 9.85. The van der Waals surface area contributed by atoms with Gasteiger partial charge in [-0.05, 0) is 88.8 Å². The standard InChI is InChI=1S/C26H21IN2O4S/c1-16-20(25(31)32)7-5-8-21(16)28-26-29(2)24(30)23(34-26)14-18-6-3-4-9-22(18)33-15-17-10-12-19(27)13-11-17/h3-14H,15H2,1-2H3,(H,31,32)/b23-14-,28-26?. The van der Waals surface area contributed by atoms with Gasteiger partial charge in [-0.25, -0.2) is 9.79 Å². The fourth-order valence-electron chi connectivity index (χ4n) is 3.35. The van der Waals surface area contributed by atoms with Crippen molar-refractivity contribution in [3.8, 4) is 5.75 Å². The zero-order valence-corrected chi connectivity index (χ0v) is 21.5. The minimum atomic E-state index is -1.01. The Labute approximate surface area is 215 Å². The summed E-state index contributed by atoms with van der Waals surface area (Å²) in [6.45, 7) is 2.13. The molecule has 0 atom stereocenters. The molecule has 0 unspecified atom stereocenters. The lowest BCUT2D eigenvalue weighted by Crippen LogP contribution is -2.23. The second-order valence-electron chi connectivity index (χ2n) is 7.58. The number of carboxylic acid groups (broad SMARTS) is 1. The van der Waals surface area contributed by atoms with E-state index < -0.39 is 5.97 Å². The fourth-order valence-corrected chi connectivity index (χ4v) is 4.68. The number of halogens is 1. The molecule has 1 heterocycles. The number of hydrogen-bond donors (Lipinski definition) is 1. The summed E-state index contributed by atoms with van der Waals surface area (Å²) < 4.78 is 7.20. The van der Waals surface area contributed by atoms with Crippen molar-refractivity contribution in [2.24, 2.45) is 4.99 Å². The molecule has 1 N–H and O–H groups in total. The monoisotopic (exact) mass is 584 g/mol. The maximum atomic E-state index is 12.9. The van der Waals surface area contributed by atoms with Gasteiger partial charge in [-0.15, -0.1) is 0 Å². The van der Waals surface area contributed by atoms with Gasteiger partial charge < -0.3 is 9.84 Å². The molecule has 1 aliphatic heterocycles. The third-order valence-corrected chi connectivity index (χ3v) is 7.05. The number of hydrogen-bond acceptors (Lipinski definition) is 5. The SMILES string of the molecule is Cc1c(N=C2S/C(=C\c3ccccc3OCc3ccc(I)cc3)C(=O)N2C)cccc1C(=O)O. The van der Waals surface area contributed by atoms with Crippen LogP contribution in [0.2, 0.25) is 0 Å². The number of benzene rings is 3. The first-order valence-corrected chi connectivity index (χ1v) is 12.3. The summed E-state index contributed by atoms with van der Waals surface area (Å²) in [6, 6.07) is 20.6. The third-order valence-electron chi connectivity index (χ3n) is 5.27. The Morgan fingerprint density at radius 1 is 1.12 bits per heavy atom. The number of rotatable bonds is 6. The lowest BCUT2D eigenvalue weighted by molar-refractivity contribution is -0.121. The van der Waals surface area contributed by atoms with E-state index in [1.165, 1.54) is 22.7 Å². The molecule has 3 aromatic rings. The van der Waals surface area contributed by atoms with Gasteiger partial charge in [-0.1, -0.05) is 36.4 Å². The molecular formula is C26H21IN2O4S. The molecule has 0 aliphatic carbocycles. The van der Waals surface area contributed by atoms with Crippen LogP contribution in [-0.4, -0.2) is 34.1 Å². The molecule has 4 rings (SSSR count). The lowest BCUT2D eigenvalue weighted by Gasteiger charge is -2.10. The van der Waals surface area contributed by atoms with Gasteiger partial charge in [0.05, 0.1) is 16.2 Å². The van der Waals surface area contributed by atoms with Crippen LogP contribution in [0.25, 0.3) is 6.08 Å². The molecule has 1 saturated heterocycles. The van der Waals surface area contributed by atoms with Crippen molar-refractivity contribution >= 4 is 63.2 Å². The normalized spacial score (nSPS) is 15.9. The predicted octanol–water partition coefficient (Wildman–Crippen LogP) is 6.11. The van der Waals surface area contributed by atoms with Crippen molar-refractivity contribution in [2.45, 2.75) is 13.5 Å². The molecule has 8 heteroatoms. The summed E-state index contributed by atoms with van der Waals surface area (Å²) in [7, 11) is 1.66. The van der Waals surface area contributed by atoms with Crippen molar-refractivity contribution < 1.29 is 19.4 Å². The van der Waals surface area contributed by atoms with Gasteiger partial charge >= 0.3 is 5.97 Å². The average molecular weight is 584 g/mol. The number of amidine groups is 1. The minimum absolute atomic E-state index is 0.178. The number of ether oxygens (including phenoxy) is 1. The number of para-hydroxylation sites is 1. The molecule has 1 amide bonds. The van der Waals surface area contributed by atoms with Crippen LogP contribution < -0.4 is 4.74 Å². The average Bonchev–Trinajstić information content (AvgIpc) is 3.08. The van der Waals surface area contributed by atoms with E-state index in [0.717, 1.165) is 14.7 Å². The van der Waals surface area contributed by atoms with Crippen LogP contribution in [0.5, 0.6) is 5.75 Å². The second-order valence-corrected chi connectivity index (χ2v) is 9.83. The van der Waals surface area contributed by atoms with Crippen LogP contribution in [0.3, 0.4) is 0 Å². The Kier molecular flexibility index (Phi) is 7.38. The van der Waals surface area contributed by atoms with Gasteiger partial charge in [-0.3, -0.25) is 9.69 Å². The van der Waals surface area contributed by atoms with E-state index >= 15 is 0 Å². The maximum absolute atomic E-state index is 12.9. The first kappa shape index (κ1) is 24.0. The van der Waals surface area contributed by atoms with Crippen molar-refractivity contribution in [1.29, 1.82) is 0 Å². The van der Waals surface area contributed by atoms with Crippen molar-refractivity contribution in [1.82, 2.24) is 4.90 Å². The second kappa shape index (κ2) is 10.4. The zero-order chi connectivity index (χ0) is 24.2. The summed E-state index contributed by atoms with van der Waals surface area (Å²) in [4.78, 5) is 30.9. The van der Waals surface area contributed by atoms with Gasteiger partial charge in [0, 0.05) is 16.2 Å². The number of amides is 1. The van der Waals surface area contributed by atoms with E-state index in [-0.39, 0.29) is 11.5 Å². The highest BCUT2D eigenvalue weighted by Crippen LogP contribution is 2.35. The summed E-state index contributed by atoms with van der Waals surface area (Å²) >= 11 is 3.51. The molecule has 34 heavy (non-hydrogen) atoms.